The zero-order valence-electron chi connectivity index (χ0n) is 11.2. The molecule has 0 N–H and O–H groups in total. The fourth-order valence-electron chi connectivity index (χ4n) is 2.85. The highest BCUT2D eigenvalue weighted by molar-refractivity contribution is 5.72. The summed E-state index contributed by atoms with van der Waals surface area (Å²) in [6.07, 6.45) is 4.12. The normalized spacial score (nSPS) is 15.4. The van der Waals surface area contributed by atoms with Gasteiger partial charge in [0.1, 0.15) is 0 Å². The third-order valence-electron chi connectivity index (χ3n) is 4.19. The summed E-state index contributed by atoms with van der Waals surface area (Å²) in [7, 11) is 0. The summed E-state index contributed by atoms with van der Waals surface area (Å²) in [6, 6.07) is 15.7. The first-order valence-corrected chi connectivity index (χ1v) is 6.92. The molecular formula is C18H20. The SMILES string of the molecule is Cc1ccc(C2CCC2)c(-c2ccccc2C)c1. The van der Waals surface area contributed by atoms with Crippen LogP contribution in [0.2, 0.25) is 0 Å². The third kappa shape index (κ3) is 1.96. The van der Waals surface area contributed by atoms with Crippen molar-refractivity contribution in [3.63, 3.8) is 0 Å². The van der Waals surface area contributed by atoms with E-state index in [1.54, 1.807) is 5.56 Å². The van der Waals surface area contributed by atoms with Crippen LogP contribution in [0.1, 0.15) is 41.9 Å². The summed E-state index contributed by atoms with van der Waals surface area (Å²) in [5.74, 6) is 0.792. The van der Waals surface area contributed by atoms with Crippen LogP contribution in [-0.4, -0.2) is 0 Å². The Kier molecular flexibility index (Phi) is 2.95. The van der Waals surface area contributed by atoms with Crippen LogP contribution in [0.4, 0.5) is 0 Å². The van der Waals surface area contributed by atoms with Gasteiger partial charge in [-0.15, -0.1) is 0 Å². The lowest BCUT2D eigenvalue weighted by atomic mass is 9.76. The molecule has 0 heteroatoms. The highest BCUT2D eigenvalue weighted by Gasteiger charge is 2.22. The highest BCUT2D eigenvalue weighted by atomic mass is 14.3. The zero-order valence-corrected chi connectivity index (χ0v) is 11.2. The van der Waals surface area contributed by atoms with Gasteiger partial charge in [-0.25, -0.2) is 0 Å². The number of aryl methyl sites for hydroxylation is 2. The standard InChI is InChI=1S/C18H20/c1-13-10-11-17(15-7-5-8-15)18(12-13)16-9-4-3-6-14(16)2/h3-4,6,9-12,15H,5,7-8H2,1-2H3. The molecule has 18 heavy (non-hydrogen) atoms. The van der Waals surface area contributed by atoms with Gasteiger partial charge in [0.15, 0.2) is 0 Å². The van der Waals surface area contributed by atoms with Crippen LogP contribution in [-0.2, 0) is 0 Å². The van der Waals surface area contributed by atoms with E-state index in [1.807, 2.05) is 0 Å². The molecule has 0 unspecified atom stereocenters. The molecule has 1 aliphatic carbocycles. The molecule has 0 nitrogen and oxygen atoms in total. The Morgan fingerprint density at radius 3 is 2.33 bits per heavy atom. The van der Waals surface area contributed by atoms with Gasteiger partial charge in [0.05, 0.1) is 0 Å². The molecule has 3 rings (SSSR count). The predicted octanol–water partition coefficient (Wildman–Crippen LogP) is 5.24. The van der Waals surface area contributed by atoms with Crippen LogP contribution >= 0.6 is 0 Å². The maximum Gasteiger partial charge on any atom is -0.0144 e. The van der Waals surface area contributed by atoms with Crippen LogP contribution in [0.5, 0.6) is 0 Å². The van der Waals surface area contributed by atoms with Gasteiger partial charge in [-0.3, -0.25) is 0 Å². The van der Waals surface area contributed by atoms with E-state index in [0.29, 0.717) is 0 Å². The zero-order chi connectivity index (χ0) is 12.5. The van der Waals surface area contributed by atoms with Crippen molar-refractivity contribution in [1.29, 1.82) is 0 Å². The van der Waals surface area contributed by atoms with Crippen molar-refractivity contribution >= 4 is 0 Å². The van der Waals surface area contributed by atoms with Crippen molar-refractivity contribution in [2.75, 3.05) is 0 Å². The molecule has 0 aromatic heterocycles. The Hall–Kier alpha value is -1.56. The van der Waals surface area contributed by atoms with Crippen LogP contribution in [0.3, 0.4) is 0 Å². The first-order chi connectivity index (χ1) is 8.75. The summed E-state index contributed by atoms with van der Waals surface area (Å²) in [5.41, 5.74) is 7.15. The van der Waals surface area contributed by atoms with Crippen LogP contribution in [0.15, 0.2) is 42.5 Å². The van der Waals surface area contributed by atoms with Crippen LogP contribution in [0, 0.1) is 13.8 Å². The molecule has 0 aliphatic heterocycles. The monoisotopic (exact) mass is 236 g/mol. The van der Waals surface area contributed by atoms with Crippen molar-refractivity contribution in [3.8, 4) is 11.1 Å². The van der Waals surface area contributed by atoms with Gasteiger partial charge in [0, 0.05) is 0 Å². The van der Waals surface area contributed by atoms with Gasteiger partial charge in [-0.1, -0.05) is 54.4 Å². The van der Waals surface area contributed by atoms with E-state index in [4.69, 9.17) is 0 Å². The van der Waals surface area contributed by atoms with E-state index < -0.39 is 0 Å². The average molecular weight is 236 g/mol. The number of hydrogen-bond donors (Lipinski definition) is 0. The van der Waals surface area contributed by atoms with E-state index in [9.17, 15) is 0 Å². The second-order valence-electron chi connectivity index (χ2n) is 5.53. The Morgan fingerprint density at radius 2 is 1.67 bits per heavy atom. The molecule has 1 saturated carbocycles. The molecule has 1 aliphatic rings. The van der Waals surface area contributed by atoms with E-state index in [-0.39, 0.29) is 0 Å². The average Bonchev–Trinajstić information content (AvgIpc) is 2.30. The maximum atomic E-state index is 2.36. The topological polar surface area (TPSA) is 0 Å². The van der Waals surface area contributed by atoms with Crippen molar-refractivity contribution in [3.05, 3.63) is 59.2 Å². The van der Waals surface area contributed by atoms with Gasteiger partial charge in [-0.05, 0) is 54.9 Å². The fraction of sp³-hybridized carbons (Fsp3) is 0.333. The summed E-state index contributed by atoms with van der Waals surface area (Å²) in [5, 5.41) is 0. The smallest absolute Gasteiger partial charge is 0.0144 e. The van der Waals surface area contributed by atoms with E-state index >= 15 is 0 Å². The van der Waals surface area contributed by atoms with Crippen LogP contribution in [0.25, 0.3) is 11.1 Å². The Morgan fingerprint density at radius 1 is 0.889 bits per heavy atom. The number of benzene rings is 2. The molecule has 0 bridgehead atoms. The lowest BCUT2D eigenvalue weighted by Gasteiger charge is -2.28. The van der Waals surface area contributed by atoms with Crippen LogP contribution < -0.4 is 0 Å². The lowest BCUT2D eigenvalue weighted by Crippen LogP contribution is -2.10. The van der Waals surface area contributed by atoms with Gasteiger partial charge < -0.3 is 0 Å². The van der Waals surface area contributed by atoms with Gasteiger partial charge >= 0.3 is 0 Å². The summed E-state index contributed by atoms with van der Waals surface area (Å²) in [4.78, 5) is 0. The first-order valence-electron chi connectivity index (χ1n) is 6.92. The van der Waals surface area contributed by atoms with Crippen molar-refractivity contribution in [2.24, 2.45) is 0 Å². The third-order valence-corrected chi connectivity index (χ3v) is 4.19. The molecule has 2 aromatic carbocycles. The molecule has 0 atom stereocenters. The molecule has 0 heterocycles. The Balaban J connectivity index is 2.15. The molecular weight excluding hydrogens is 216 g/mol. The van der Waals surface area contributed by atoms with E-state index in [0.717, 1.165) is 5.92 Å². The predicted molar refractivity (Wildman–Crippen MR) is 77.9 cm³/mol. The minimum absolute atomic E-state index is 0.792. The van der Waals surface area contributed by atoms with E-state index in [1.165, 1.54) is 41.5 Å². The molecule has 1 fully saturated rings. The summed E-state index contributed by atoms with van der Waals surface area (Å²) >= 11 is 0. The Bertz CT molecular complexity index is 562. The second-order valence-corrected chi connectivity index (χ2v) is 5.53. The minimum atomic E-state index is 0.792. The maximum absolute atomic E-state index is 2.36. The molecule has 0 spiro atoms. The quantitative estimate of drug-likeness (QED) is 0.669. The van der Waals surface area contributed by atoms with Crippen molar-refractivity contribution < 1.29 is 0 Å². The molecule has 0 amide bonds. The first kappa shape index (κ1) is 11.5. The van der Waals surface area contributed by atoms with E-state index in [2.05, 4.69) is 56.3 Å². The van der Waals surface area contributed by atoms with Gasteiger partial charge in [-0.2, -0.15) is 0 Å². The minimum Gasteiger partial charge on any atom is -0.0620 e. The number of rotatable bonds is 2. The fourth-order valence-corrected chi connectivity index (χ4v) is 2.85. The molecule has 2 aromatic rings. The molecule has 0 radical (unpaired) electrons. The summed E-state index contributed by atoms with van der Waals surface area (Å²) in [6.45, 7) is 4.40. The molecule has 0 saturated heterocycles. The highest BCUT2D eigenvalue weighted by Crippen LogP contribution is 2.42. The largest absolute Gasteiger partial charge is 0.0620 e. The van der Waals surface area contributed by atoms with Crippen molar-refractivity contribution in [2.45, 2.75) is 39.0 Å². The Labute approximate surface area is 110 Å². The van der Waals surface area contributed by atoms with Gasteiger partial charge in [0.25, 0.3) is 0 Å². The van der Waals surface area contributed by atoms with Crippen molar-refractivity contribution in [1.82, 2.24) is 0 Å². The number of hydrogen-bond acceptors (Lipinski definition) is 0. The second kappa shape index (κ2) is 4.61. The van der Waals surface area contributed by atoms with Gasteiger partial charge in [0.2, 0.25) is 0 Å². The molecule has 92 valence electrons. The summed E-state index contributed by atoms with van der Waals surface area (Å²) < 4.78 is 0. The lowest BCUT2D eigenvalue weighted by molar-refractivity contribution is 0.420.